The number of hydrogen-bond donors (Lipinski definition) is 4. The first-order chi connectivity index (χ1) is 14.5. The van der Waals surface area contributed by atoms with Crippen LogP contribution in [0.15, 0.2) is 48.7 Å². The number of alkyl halides is 3. The van der Waals surface area contributed by atoms with Crippen molar-refractivity contribution < 1.29 is 32.7 Å². The van der Waals surface area contributed by atoms with E-state index in [2.05, 4.69) is 20.8 Å². The molecule has 11 heteroatoms. The van der Waals surface area contributed by atoms with Crippen LogP contribution in [0.25, 0.3) is 10.9 Å². The van der Waals surface area contributed by atoms with E-state index in [4.69, 9.17) is 0 Å². The molecule has 162 valence electrons. The predicted molar refractivity (Wildman–Crippen MR) is 103 cm³/mol. The van der Waals surface area contributed by atoms with Gasteiger partial charge in [-0.15, -0.1) is 0 Å². The summed E-state index contributed by atoms with van der Waals surface area (Å²) >= 11 is 0. The van der Waals surface area contributed by atoms with E-state index in [-0.39, 0.29) is 11.1 Å². The number of carbonyl (C=O) groups excluding carboxylic acids is 2. The second kappa shape index (κ2) is 8.09. The molecule has 3 aromatic rings. The number of aromatic nitrogens is 2. The molecule has 4 N–H and O–H groups in total. The Hall–Kier alpha value is -3.89. The van der Waals surface area contributed by atoms with Gasteiger partial charge in [0, 0.05) is 24.3 Å². The number of benzene rings is 2. The van der Waals surface area contributed by atoms with Gasteiger partial charge in [0.1, 0.15) is 0 Å². The highest BCUT2D eigenvalue weighted by molar-refractivity contribution is 6.01. The van der Waals surface area contributed by atoms with E-state index < -0.39 is 41.6 Å². The highest BCUT2D eigenvalue weighted by Crippen LogP contribution is 2.30. The van der Waals surface area contributed by atoms with Crippen LogP contribution in [0, 0.1) is 0 Å². The second-order valence-electron chi connectivity index (χ2n) is 6.89. The molecule has 2 amide bonds. The number of hydrogen-bond acceptors (Lipinski definition) is 4. The van der Waals surface area contributed by atoms with Crippen LogP contribution < -0.4 is 10.6 Å². The number of carboxylic acids is 1. The Bertz CT molecular complexity index is 1160. The third-order valence-electron chi connectivity index (χ3n) is 4.51. The number of aliphatic carboxylic acids is 1. The normalized spacial score (nSPS) is 13.4. The van der Waals surface area contributed by atoms with Crippen LogP contribution in [0.5, 0.6) is 0 Å². The fourth-order valence-corrected chi connectivity index (χ4v) is 3.11. The maximum atomic E-state index is 13.0. The third-order valence-corrected chi connectivity index (χ3v) is 4.51. The Kier molecular flexibility index (Phi) is 5.69. The Morgan fingerprint density at radius 2 is 1.84 bits per heavy atom. The van der Waals surface area contributed by atoms with E-state index in [0.717, 1.165) is 25.1 Å². The molecular formula is C20H17F3N4O4. The van der Waals surface area contributed by atoms with E-state index >= 15 is 0 Å². The van der Waals surface area contributed by atoms with Crippen LogP contribution in [-0.2, 0) is 22.2 Å². The summed E-state index contributed by atoms with van der Waals surface area (Å²) in [4.78, 5) is 36.6. The predicted octanol–water partition coefficient (Wildman–Crippen LogP) is 2.47. The Balaban J connectivity index is 1.97. The van der Waals surface area contributed by atoms with Crippen molar-refractivity contribution in [1.29, 1.82) is 0 Å². The molecule has 31 heavy (non-hydrogen) atoms. The minimum atomic E-state index is -4.64. The highest BCUT2D eigenvalue weighted by Gasteiger charge is 2.42. The number of nitrogens with zero attached hydrogens (tertiary/aromatic N) is 1. The zero-order valence-corrected chi connectivity index (χ0v) is 16.1. The second-order valence-corrected chi connectivity index (χ2v) is 6.89. The molecule has 2 aromatic carbocycles. The summed E-state index contributed by atoms with van der Waals surface area (Å²) in [5, 5.41) is 21.5. The average Bonchev–Trinajstić information content (AvgIpc) is 3.14. The first-order valence-corrected chi connectivity index (χ1v) is 8.94. The van der Waals surface area contributed by atoms with E-state index in [1.54, 1.807) is 6.07 Å². The number of carbonyl (C=O) groups is 3. The molecule has 0 aliphatic carbocycles. The molecule has 0 saturated carbocycles. The molecule has 0 aliphatic heterocycles. The minimum Gasteiger partial charge on any atom is -0.478 e. The summed E-state index contributed by atoms with van der Waals surface area (Å²) in [6.45, 7) is 1.03. The number of aromatic amines is 1. The van der Waals surface area contributed by atoms with Crippen LogP contribution in [0.1, 0.15) is 28.4 Å². The van der Waals surface area contributed by atoms with Crippen LogP contribution in [0.3, 0.4) is 0 Å². The fraction of sp³-hybridized carbons (Fsp3) is 0.200. The van der Waals surface area contributed by atoms with Crippen LogP contribution >= 0.6 is 0 Å². The molecule has 8 nitrogen and oxygen atoms in total. The molecule has 0 spiro atoms. The summed E-state index contributed by atoms with van der Waals surface area (Å²) in [7, 11) is 0. The fourth-order valence-electron chi connectivity index (χ4n) is 3.11. The Labute approximate surface area is 173 Å². The summed E-state index contributed by atoms with van der Waals surface area (Å²) < 4.78 is 39.1. The summed E-state index contributed by atoms with van der Waals surface area (Å²) in [5.74, 6) is -3.28. The maximum absolute atomic E-state index is 13.0. The van der Waals surface area contributed by atoms with Gasteiger partial charge in [-0.2, -0.15) is 18.3 Å². The molecule has 0 fully saturated rings. The van der Waals surface area contributed by atoms with Gasteiger partial charge in [0.25, 0.3) is 5.91 Å². The van der Waals surface area contributed by atoms with Gasteiger partial charge in [0.15, 0.2) is 0 Å². The zero-order chi connectivity index (χ0) is 22.8. The number of carboxylic acid groups (broad SMARTS) is 1. The molecule has 0 bridgehead atoms. The van der Waals surface area contributed by atoms with Gasteiger partial charge >= 0.3 is 12.1 Å². The number of fused-ring (bicyclic) bond motifs is 1. The SMILES string of the molecule is CC(=O)NC(Cc1cccc(C(F)(F)F)c1)(NC(=O)c1ccc2cn[nH]c2c1)C(=O)O. The largest absolute Gasteiger partial charge is 0.478 e. The van der Waals surface area contributed by atoms with Gasteiger partial charge < -0.3 is 15.7 Å². The molecule has 0 aliphatic rings. The van der Waals surface area contributed by atoms with Gasteiger partial charge in [0.05, 0.1) is 17.3 Å². The van der Waals surface area contributed by atoms with Crippen molar-refractivity contribution in [3.63, 3.8) is 0 Å². The Morgan fingerprint density at radius 1 is 1.10 bits per heavy atom. The summed E-state index contributed by atoms with van der Waals surface area (Å²) in [6, 6.07) is 8.44. The standard InChI is InChI=1S/C20H17F3N4O4/c1-11(28)25-19(18(30)31,9-12-3-2-4-15(7-12)20(21,22)23)26-17(29)13-5-6-14-10-24-27-16(14)8-13/h2-8,10H,9H2,1H3,(H,24,27)(H,25,28)(H,26,29)(H,30,31). The number of amides is 2. The Morgan fingerprint density at radius 3 is 2.48 bits per heavy atom. The minimum absolute atomic E-state index is 0.0460. The molecule has 3 rings (SSSR count). The molecule has 1 unspecified atom stereocenters. The smallest absolute Gasteiger partial charge is 0.416 e. The van der Waals surface area contributed by atoms with Crippen molar-refractivity contribution in [3.8, 4) is 0 Å². The lowest BCUT2D eigenvalue weighted by molar-refractivity contribution is -0.148. The van der Waals surface area contributed by atoms with Gasteiger partial charge in [-0.1, -0.05) is 24.3 Å². The zero-order valence-electron chi connectivity index (χ0n) is 16.1. The monoisotopic (exact) mass is 434 g/mol. The topological polar surface area (TPSA) is 124 Å². The maximum Gasteiger partial charge on any atom is 0.416 e. The van der Waals surface area contributed by atoms with Crippen molar-refractivity contribution in [3.05, 3.63) is 65.4 Å². The van der Waals surface area contributed by atoms with E-state index in [1.165, 1.54) is 24.4 Å². The molecule has 1 atom stereocenters. The molecule has 0 radical (unpaired) electrons. The molecule has 0 saturated heterocycles. The highest BCUT2D eigenvalue weighted by atomic mass is 19.4. The van der Waals surface area contributed by atoms with Gasteiger partial charge in [0.2, 0.25) is 11.6 Å². The number of rotatable bonds is 6. The molecular weight excluding hydrogens is 417 g/mol. The summed E-state index contributed by atoms with van der Waals surface area (Å²) in [5.41, 5.74) is -2.82. The molecule has 1 heterocycles. The van der Waals surface area contributed by atoms with Crippen molar-refractivity contribution in [1.82, 2.24) is 20.8 Å². The summed E-state index contributed by atoms with van der Waals surface area (Å²) in [6.07, 6.45) is -3.73. The van der Waals surface area contributed by atoms with Crippen molar-refractivity contribution in [2.24, 2.45) is 0 Å². The van der Waals surface area contributed by atoms with E-state index in [9.17, 15) is 32.7 Å². The number of nitrogens with one attached hydrogen (secondary N) is 3. The average molecular weight is 434 g/mol. The van der Waals surface area contributed by atoms with Gasteiger partial charge in [-0.25, -0.2) is 4.79 Å². The quantitative estimate of drug-likeness (QED) is 0.444. The lowest BCUT2D eigenvalue weighted by atomic mass is 9.96. The van der Waals surface area contributed by atoms with Crippen LogP contribution in [0.2, 0.25) is 0 Å². The lowest BCUT2D eigenvalue weighted by Crippen LogP contribution is -2.66. The number of halogens is 3. The van der Waals surface area contributed by atoms with Crippen molar-refractivity contribution >= 4 is 28.7 Å². The third kappa shape index (κ3) is 4.82. The number of H-pyrrole nitrogens is 1. The van der Waals surface area contributed by atoms with Crippen molar-refractivity contribution in [2.75, 3.05) is 0 Å². The van der Waals surface area contributed by atoms with Crippen LogP contribution in [-0.4, -0.2) is 38.8 Å². The molecule has 1 aromatic heterocycles. The van der Waals surface area contributed by atoms with Gasteiger partial charge in [-0.05, 0) is 23.8 Å². The van der Waals surface area contributed by atoms with Gasteiger partial charge in [-0.3, -0.25) is 14.7 Å². The van der Waals surface area contributed by atoms with E-state index in [0.29, 0.717) is 10.9 Å². The van der Waals surface area contributed by atoms with Crippen molar-refractivity contribution in [2.45, 2.75) is 25.2 Å². The lowest BCUT2D eigenvalue weighted by Gasteiger charge is -2.31. The van der Waals surface area contributed by atoms with Crippen LogP contribution in [0.4, 0.5) is 13.2 Å². The first kappa shape index (κ1) is 21.8. The van der Waals surface area contributed by atoms with E-state index in [1.807, 2.05) is 0 Å². The first-order valence-electron chi connectivity index (χ1n) is 8.94.